The number of rotatable bonds is 3. The molecule has 1 atom stereocenters. The van der Waals surface area contributed by atoms with Crippen LogP contribution in [0.4, 0.5) is 5.82 Å². The molecule has 1 fully saturated rings. The van der Waals surface area contributed by atoms with Crippen molar-refractivity contribution in [2.24, 2.45) is 0 Å². The molecule has 0 saturated carbocycles. The first-order valence-electron chi connectivity index (χ1n) is 6.70. The second kappa shape index (κ2) is 5.79. The Hall–Kier alpha value is -1.99. The number of hydrogen-bond acceptors (Lipinski definition) is 6. The van der Waals surface area contributed by atoms with E-state index in [1.807, 2.05) is 35.4 Å². The normalized spacial score (nSPS) is 18.7. The third-order valence-electron chi connectivity index (χ3n) is 3.27. The summed E-state index contributed by atoms with van der Waals surface area (Å²) in [6, 6.07) is 5.54. The molecule has 1 amide bonds. The summed E-state index contributed by atoms with van der Waals surface area (Å²) >= 11 is 1.58. The third-order valence-corrected chi connectivity index (χ3v) is 4.13. The molecule has 3 heterocycles. The van der Waals surface area contributed by atoms with E-state index < -0.39 is 0 Å². The van der Waals surface area contributed by atoms with E-state index in [0.717, 1.165) is 16.4 Å². The van der Waals surface area contributed by atoms with Gasteiger partial charge in [0.15, 0.2) is 5.82 Å². The topological polar surface area (TPSA) is 78.4 Å². The number of aryl methyl sites for hydroxylation is 1. The van der Waals surface area contributed by atoms with Crippen molar-refractivity contribution in [2.45, 2.75) is 13.0 Å². The largest absolute Gasteiger partial charge is 0.394 e. The number of piperazine rings is 1. The van der Waals surface area contributed by atoms with Crippen LogP contribution in [-0.4, -0.2) is 46.7 Å². The molecule has 1 aliphatic rings. The van der Waals surface area contributed by atoms with Gasteiger partial charge in [0, 0.05) is 18.3 Å². The van der Waals surface area contributed by atoms with Gasteiger partial charge in [0.05, 0.1) is 24.1 Å². The minimum Gasteiger partial charge on any atom is -0.394 e. The van der Waals surface area contributed by atoms with E-state index in [0.29, 0.717) is 12.4 Å². The molecule has 1 aliphatic heterocycles. The molecule has 21 heavy (non-hydrogen) atoms. The molecule has 2 aromatic rings. The van der Waals surface area contributed by atoms with Crippen LogP contribution in [0, 0.1) is 6.92 Å². The molecule has 0 aliphatic carbocycles. The average molecular weight is 304 g/mol. The third kappa shape index (κ3) is 3.03. The Kier molecular flexibility index (Phi) is 3.85. The molecule has 0 spiro atoms. The van der Waals surface area contributed by atoms with Crippen LogP contribution in [-0.2, 0) is 4.79 Å². The molecular formula is C14H16N4O2S. The molecule has 3 rings (SSSR count). The van der Waals surface area contributed by atoms with Crippen molar-refractivity contribution < 1.29 is 9.90 Å². The van der Waals surface area contributed by atoms with E-state index in [-0.39, 0.29) is 25.1 Å². The van der Waals surface area contributed by atoms with Gasteiger partial charge in [-0.25, -0.2) is 9.97 Å². The predicted octanol–water partition coefficient (Wildman–Crippen LogP) is 0.811. The minimum atomic E-state index is -0.258. The van der Waals surface area contributed by atoms with Gasteiger partial charge in [0.1, 0.15) is 5.82 Å². The summed E-state index contributed by atoms with van der Waals surface area (Å²) in [7, 11) is 0. The zero-order chi connectivity index (χ0) is 14.8. The van der Waals surface area contributed by atoms with Gasteiger partial charge in [-0.1, -0.05) is 6.07 Å². The van der Waals surface area contributed by atoms with Crippen LogP contribution in [0.1, 0.15) is 5.69 Å². The molecule has 0 aromatic carbocycles. The van der Waals surface area contributed by atoms with E-state index in [4.69, 9.17) is 0 Å². The summed E-state index contributed by atoms with van der Waals surface area (Å²) in [5.41, 5.74) is 0.856. The van der Waals surface area contributed by atoms with Crippen molar-refractivity contribution in [1.29, 1.82) is 0 Å². The van der Waals surface area contributed by atoms with Crippen molar-refractivity contribution in [1.82, 2.24) is 15.3 Å². The van der Waals surface area contributed by atoms with Crippen LogP contribution in [0.15, 0.2) is 23.6 Å². The highest BCUT2D eigenvalue weighted by Crippen LogP contribution is 2.24. The molecular weight excluding hydrogens is 288 g/mol. The maximum absolute atomic E-state index is 11.7. The summed E-state index contributed by atoms with van der Waals surface area (Å²) in [6.07, 6.45) is 0. The monoisotopic (exact) mass is 304 g/mol. The molecule has 2 aromatic heterocycles. The van der Waals surface area contributed by atoms with E-state index in [2.05, 4.69) is 15.3 Å². The highest BCUT2D eigenvalue weighted by atomic mass is 32.1. The molecule has 0 radical (unpaired) electrons. The minimum absolute atomic E-state index is 0.0793. The number of nitrogens with zero attached hydrogens (tertiary/aromatic N) is 3. The standard InChI is InChI=1S/C14H16N4O2S/c1-9-5-12(17-14(15-9)11-3-2-4-21-11)18-6-10(8-19)16-13(20)7-18/h2-5,10,19H,6-8H2,1H3,(H,16,20)/t10-/m0/s1. The summed E-state index contributed by atoms with van der Waals surface area (Å²) in [5.74, 6) is 1.29. The number of nitrogens with one attached hydrogen (secondary N) is 1. The van der Waals surface area contributed by atoms with E-state index in [1.165, 1.54) is 0 Å². The zero-order valence-corrected chi connectivity index (χ0v) is 12.4. The zero-order valence-electron chi connectivity index (χ0n) is 11.6. The van der Waals surface area contributed by atoms with Gasteiger partial charge < -0.3 is 15.3 Å². The number of aliphatic hydroxyl groups excluding tert-OH is 1. The molecule has 0 bridgehead atoms. The second-order valence-electron chi connectivity index (χ2n) is 5.00. The van der Waals surface area contributed by atoms with E-state index in [1.54, 1.807) is 11.3 Å². The highest BCUT2D eigenvalue weighted by Gasteiger charge is 2.25. The van der Waals surface area contributed by atoms with Crippen LogP contribution in [0.3, 0.4) is 0 Å². The Balaban J connectivity index is 1.93. The Labute approximate surface area is 126 Å². The lowest BCUT2D eigenvalue weighted by Crippen LogP contribution is -2.55. The molecule has 1 saturated heterocycles. The molecule has 7 heteroatoms. The van der Waals surface area contributed by atoms with Gasteiger partial charge in [-0.3, -0.25) is 4.79 Å². The van der Waals surface area contributed by atoms with Crippen LogP contribution in [0.25, 0.3) is 10.7 Å². The SMILES string of the molecule is Cc1cc(N2CC(=O)N[C@H](CO)C2)nc(-c2cccs2)n1. The Morgan fingerprint density at radius 3 is 3.10 bits per heavy atom. The fourth-order valence-electron chi connectivity index (χ4n) is 2.33. The summed E-state index contributed by atoms with van der Waals surface area (Å²) in [4.78, 5) is 23.6. The quantitative estimate of drug-likeness (QED) is 0.877. The van der Waals surface area contributed by atoms with E-state index >= 15 is 0 Å². The van der Waals surface area contributed by atoms with E-state index in [9.17, 15) is 9.90 Å². The van der Waals surface area contributed by atoms with Crippen molar-refractivity contribution >= 4 is 23.1 Å². The Morgan fingerprint density at radius 2 is 2.38 bits per heavy atom. The van der Waals surface area contributed by atoms with Crippen molar-refractivity contribution in [2.75, 3.05) is 24.6 Å². The lowest BCUT2D eigenvalue weighted by atomic mass is 10.2. The maximum atomic E-state index is 11.7. The van der Waals surface area contributed by atoms with Gasteiger partial charge in [0.25, 0.3) is 0 Å². The number of thiophene rings is 1. The van der Waals surface area contributed by atoms with Gasteiger partial charge in [0.2, 0.25) is 5.91 Å². The first kappa shape index (κ1) is 14.0. The van der Waals surface area contributed by atoms with Crippen molar-refractivity contribution in [3.8, 4) is 10.7 Å². The smallest absolute Gasteiger partial charge is 0.239 e. The second-order valence-corrected chi connectivity index (χ2v) is 5.94. The van der Waals surface area contributed by atoms with Crippen molar-refractivity contribution in [3.05, 3.63) is 29.3 Å². The first-order valence-corrected chi connectivity index (χ1v) is 7.58. The molecule has 0 unspecified atom stereocenters. The van der Waals surface area contributed by atoms with Crippen molar-refractivity contribution in [3.63, 3.8) is 0 Å². The highest BCUT2D eigenvalue weighted by molar-refractivity contribution is 7.13. The maximum Gasteiger partial charge on any atom is 0.239 e. The number of aliphatic hydroxyl groups is 1. The molecule has 110 valence electrons. The molecule has 6 nitrogen and oxygen atoms in total. The van der Waals surface area contributed by atoms with Gasteiger partial charge >= 0.3 is 0 Å². The van der Waals surface area contributed by atoms with Crippen LogP contribution in [0.2, 0.25) is 0 Å². The lowest BCUT2D eigenvalue weighted by Gasteiger charge is -2.33. The summed E-state index contributed by atoms with van der Waals surface area (Å²) in [5, 5.41) is 14.0. The number of amides is 1. The van der Waals surface area contributed by atoms with Gasteiger partial charge in [-0.05, 0) is 18.4 Å². The van der Waals surface area contributed by atoms with Crippen LogP contribution in [0.5, 0.6) is 0 Å². The van der Waals surface area contributed by atoms with Gasteiger partial charge in [-0.15, -0.1) is 11.3 Å². The average Bonchev–Trinajstić information content (AvgIpc) is 3.00. The summed E-state index contributed by atoms with van der Waals surface area (Å²) < 4.78 is 0. The summed E-state index contributed by atoms with van der Waals surface area (Å²) in [6.45, 7) is 2.62. The predicted molar refractivity (Wildman–Crippen MR) is 81.3 cm³/mol. The Morgan fingerprint density at radius 1 is 1.52 bits per heavy atom. The number of hydrogen-bond donors (Lipinski definition) is 2. The molecule has 2 N–H and O–H groups in total. The van der Waals surface area contributed by atoms with Gasteiger partial charge in [-0.2, -0.15) is 0 Å². The fraction of sp³-hybridized carbons (Fsp3) is 0.357. The number of carbonyl (C=O) groups is 1. The Bertz CT molecular complexity index is 644. The lowest BCUT2D eigenvalue weighted by molar-refractivity contribution is -0.121. The number of carbonyl (C=O) groups excluding carboxylic acids is 1. The fourth-order valence-corrected chi connectivity index (χ4v) is 2.99. The number of aromatic nitrogens is 2. The first-order chi connectivity index (χ1) is 10.2. The number of anilines is 1. The van der Waals surface area contributed by atoms with Crippen LogP contribution >= 0.6 is 11.3 Å². The van der Waals surface area contributed by atoms with Crippen LogP contribution < -0.4 is 10.2 Å².